The maximum atomic E-state index is 12.8. The van der Waals surface area contributed by atoms with Crippen LogP contribution in [0.25, 0.3) is 0 Å². The Morgan fingerprint density at radius 2 is 1.78 bits per heavy atom. The monoisotopic (exact) mass is 318 g/mol. The van der Waals surface area contributed by atoms with Gasteiger partial charge in [-0.15, -0.1) is 0 Å². The lowest BCUT2D eigenvalue weighted by atomic mass is 9.45. The highest BCUT2D eigenvalue weighted by Crippen LogP contribution is 2.65. The molecule has 0 aromatic heterocycles. The average Bonchev–Trinajstić information content (AvgIpc) is 2.79. The summed E-state index contributed by atoms with van der Waals surface area (Å²) >= 11 is 0. The number of ether oxygens (including phenoxy) is 1. The van der Waals surface area contributed by atoms with Crippen molar-refractivity contribution in [1.29, 1.82) is 0 Å². The molecule has 4 aliphatic carbocycles. The second kappa shape index (κ2) is 5.31. The van der Waals surface area contributed by atoms with Crippen LogP contribution < -0.4 is 0 Å². The predicted octanol–water partition coefficient (Wildman–Crippen LogP) is 4.86. The van der Waals surface area contributed by atoms with E-state index in [1.807, 2.05) is 0 Å². The highest BCUT2D eigenvalue weighted by atomic mass is 16.5. The summed E-state index contributed by atoms with van der Waals surface area (Å²) in [5.74, 6) is 4.48. The maximum Gasteiger partial charge on any atom is 0.167 e. The lowest BCUT2D eigenvalue weighted by Crippen LogP contribution is -2.53. The predicted molar refractivity (Wildman–Crippen MR) is 92.1 cm³/mol. The van der Waals surface area contributed by atoms with E-state index in [9.17, 15) is 4.79 Å². The number of fused-ring (bicyclic) bond motifs is 5. The van der Waals surface area contributed by atoms with Gasteiger partial charge in [0, 0.05) is 12.5 Å². The third-order valence-corrected chi connectivity index (χ3v) is 8.93. The second-order valence-electron chi connectivity index (χ2n) is 9.82. The highest BCUT2D eigenvalue weighted by molar-refractivity contribution is 5.91. The third kappa shape index (κ3) is 2.12. The summed E-state index contributed by atoms with van der Waals surface area (Å²) in [6, 6.07) is 0. The van der Waals surface area contributed by atoms with E-state index in [2.05, 4.69) is 20.8 Å². The van der Waals surface area contributed by atoms with Crippen LogP contribution in [0.3, 0.4) is 0 Å². The Morgan fingerprint density at radius 1 is 1.00 bits per heavy atom. The SMILES string of the molecule is CO[C@H]1C[C@H]2[C@@H]3CC[C@H]4C[C@@H](C)CC[C@]4(C)[C@H]3CC[C@]2(C)C1=O. The molecule has 0 amide bonds. The minimum atomic E-state index is -0.124. The third-order valence-electron chi connectivity index (χ3n) is 8.93. The van der Waals surface area contributed by atoms with Crippen molar-refractivity contribution in [3.8, 4) is 0 Å². The van der Waals surface area contributed by atoms with E-state index in [0.717, 1.165) is 36.5 Å². The molecular weight excluding hydrogens is 284 g/mol. The van der Waals surface area contributed by atoms with Crippen molar-refractivity contribution in [3.63, 3.8) is 0 Å². The van der Waals surface area contributed by atoms with E-state index in [0.29, 0.717) is 17.1 Å². The van der Waals surface area contributed by atoms with E-state index in [1.54, 1.807) is 7.11 Å². The standard InChI is InChI=1S/C21H34O2/c1-13-7-9-20(2)14(11-13)5-6-15-16(20)8-10-21(3)17(15)12-18(23-4)19(21)22/h13-18H,5-12H2,1-4H3/t13-,14-,15+,16-,17-,18-,20-,21-/m0/s1. The molecule has 0 N–H and O–H groups in total. The van der Waals surface area contributed by atoms with E-state index in [-0.39, 0.29) is 11.5 Å². The molecule has 0 radical (unpaired) electrons. The molecule has 130 valence electrons. The van der Waals surface area contributed by atoms with Gasteiger partial charge in [0.1, 0.15) is 6.10 Å². The molecule has 8 atom stereocenters. The molecule has 2 heteroatoms. The number of Topliss-reactive ketones (excluding diaryl/α,β-unsaturated/α-hetero) is 1. The molecule has 0 saturated heterocycles. The summed E-state index contributed by atoms with van der Waals surface area (Å²) in [4.78, 5) is 12.8. The minimum absolute atomic E-state index is 0.0903. The number of hydrogen-bond acceptors (Lipinski definition) is 2. The van der Waals surface area contributed by atoms with E-state index >= 15 is 0 Å². The van der Waals surface area contributed by atoms with Gasteiger partial charge in [-0.05, 0) is 80.0 Å². The van der Waals surface area contributed by atoms with Gasteiger partial charge in [-0.2, -0.15) is 0 Å². The fourth-order valence-electron chi connectivity index (χ4n) is 7.44. The molecule has 2 nitrogen and oxygen atoms in total. The Hall–Kier alpha value is -0.370. The summed E-state index contributed by atoms with van der Waals surface area (Å²) in [5, 5.41) is 0. The minimum Gasteiger partial charge on any atom is -0.374 e. The lowest BCUT2D eigenvalue weighted by molar-refractivity contribution is -0.143. The van der Waals surface area contributed by atoms with Crippen molar-refractivity contribution in [2.45, 2.75) is 78.2 Å². The molecule has 4 saturated carbocycles. The van der Waals surface area contributed by atoms with Crippen LogP contribution >= 0.6 is 0 Å². The number of carbonyl (C=O) groups is 1. The van der Waals surface area contributed by atoms with Gasteiger partial charge in [-0.25, -0.2) is 0 Å². The first-order valence-corrected chi connectivity index (χ1v) is 9.97. The smallest absolute Gasteiger partial charge is 0.167 e. The number of hydrogen-bond donors (Lipinski definition) is 0. The fourth-order valence-corrected chi connectivity index (χ4v) is 7.44. The van der Waals surface area contributed by atoms with Crippen LogP contribution in [0.15, 0.2) is 0 Å². The Balaban J connectivity index is 1.63. The van der Waals surface area contributed by atoms with Crippen LogP contribution in [-0.2, 0) is 9.53 Å². The number of methoxy groups -OCH3 is 1. The van der Waals surface area contributed by atoms with Gasteiger partial charge in [0.15, 0.2) is 5.78 Å². The Labute approximate surface area is 141 Å². The second-order valence-corrected chi connectivity index (χ2v) is 9.82. The number of rotatable bonds is 1. The van der Waals surface area contributed by atoms with Crippen LogP contribution in [0.4, 0.5) is 0 Å². The fraction of sp³-hybridized carbons (Fsp3) is 0.952. The normalized spacial score (nSPS) is 55.9. The molecule has 0 aromatic carbocycles. The molecule has 0 aromatic rings. The van der Waals surface area contributed by atoms with Crippen molar-refractivity contribution in [2.75, 3.05) is 7.11 Å². The van der Waals surface area contributed by atoms with Gasteiger partial charge in [0.25, 0.3) is 0 Å². The van der Waals surface area contributed by atoms with Crippen molar-refractivity contribution in [2.24, 2.45) is 40.4 Å². The van der Waals surface area contributed by atoms with E-state index in [4.69, 9.17) is 4.74 Å². The molecule has 23 heavy (non-hydrogen) atoms. The van der Waals surface area contributed by atoms with Gasteiger partial charge in [-0.3, -0.25) is 4.79 Å². The summed E-state index contributed by atoms with van der Waals surface area (Å²) in [5.41, 5.74) is 0.456. The molecule has 0 unspecified atom stereocenters. The zero-order valence-corrected chi connectivity index (χ0v) is 15.4. The Morgan fingerprint density at radius 3 is 2.52 bits per heavy atom. The molecular formula is C21H34O2. The maximum absolute atomic E-state index is 12.8. The molecule has 0 aliphatic heterocycles. The lowest BCUT2D eigenvalue weighted by Gasteiger charge is -2.60. The molecule has 0 heterocycles. The van der Waals surface area contributed by atoms with Gasteiger partial charge in [0.2, 0.25) is 0 Å². The molecule has 0 spiro atoms. The Kier molecular flexibility index (Phi) is 3.72. The summed E-state index contributed by atoms with van der Waals surface area (Å²) in [7, 11) is 1.72. The highest BCUT2D eigenvalue weighted by Gasteiger charge is 2.62. The average molecular weight is 319 g/mol. The Bertz CT molecular complexity index is 500. The van der Waals surface area contributed by atoms with Gasteiger partial charge in [-0.1, -0.05) is 27.2 Å². The summed E-state index contributed by atoms with van der Waals surface area (Å²) in [6.07, 6.45) is 10.3. The summed E-state index contributed by atoms with van der Waals surface area (Å²) < 4.78 is 5.56. The molecule has 4 aliphatic rings. The van der Waals surface area contributed by atoms with Crippen molar-refractivity contribution < 1.29 is 9.53 Å². The van der Waals surface area contributed by atoms with Crippen LogP contribution in [0, 0.1) is 40.4 Å². The summed E-state index contributed by atoms with van der Waals surface area (Å²) in [6.45, 7) is 7.31. The molecule has 4 fully saturated rings. The van der Waals surface area contributed by atoms with Gasteiger partial charge in [0.05, 0.1) is 0 Å². The van der Waals surface area contributed by atoms with Crippen LogP contribution in [0.2, 0.25) is 0 Å². The van der Waals surface area contributed by atoms with E-state index < -0.39 is 0 Å². The topological polar surface area (TPSA) is 26.3 Å². The molecule has 4 rings (SSSR count). The zero-order chi connectivity index (χ0) is 16.4. The first kappa shape index (κ1) is 16.1. The number of ketones is 1. The van der Waals surface area contributed by atoms with Crippen LogP contribution in [0.5, 0.6) is 0 Å². The molecule has 0 bridgehead atoms. The first-order chi connectivity index (χ1) is 10.9. The van der Waals surface area contributed by atoms with Crippen molar-refractivity contribution in [1.82, 2.24) is 0 Å². The van der Waals surface area contributed by atoms with Crippen molar-refractivity contribution >= 4 is 5.78 Å². The van der Waals surface area contributed by atoms with Gasteiger partial charge >= 0.3 is 0 Å². The van der Waals surface area contributed by atoms with Crippen molar-refractivity contribution in [3.05, 3.63) is 0 Å². The van der Waals surface area contributed by atoms with Crippen LogP contribution in [-0.4, -0.2) is 19.0 Å². The van der Waals surface area contributed by atoms with Crippen LogP contribution in [0.1, 0.15) is 72.1 Å². The van der Waals surface area contributed by atoms with E-state index in [1.165, 1.54) is 38.5 Å². The largest absolute Gasteiger partial charge is 0.374 e. The van der Waals surface area contributed by atoms with Gasteiger partial charge < -0.3 is 4.74 Å². The number of carbonyl (C=O) groups excluding carboxylic acids is 1. The quantitative estimate of drug-likeness (QED) is 0.690. The zero-order valence-electron chi connectivity index (χ0n) is 15.4. The first-order valence-electron chi connectivity index (χ1n) is 9.97.